The molecular formula is C17H19ClFN. The summed E-state index contributed by atoms with van der Waals surface area (Å²) in [4.78, 5) is 0. The molecule has 0 saturated carbocycles. The van der Waals surface area contributed by atoms with Crippen molar-refractivity contribution in [2.75, 3.05) is 5.32 Å². The zero-order valence-corrected chi connectivity index (χ0v) is 12.5. The van der Waals surface area contributed by atoms with Crippen molar-refractivity contribution < 1.29 is 4.39 Å². The predicted octanol–water partition coefficient (Wildman–Crippen LogP) is 5.60. The van der Waals surface area contributed by atoms with E-state index in [-0.39, 0.29) is 11.9 Å². The third-order valence-electron chi connectivity index (χ3n) is 3.32. The molecule has 1 unspecified atom stereocenters. The maximum absolute atomic E-state index is 13.7. The molecule has 2 rings (SSSR count). The molecule has 0 fully saturated rings. The fraction of sp³-hybridized carbons (Fsp3) is 0.294. The number of halogens is 2. The minimum atomic E-state index is -0.288. The van der Waals surface area contributed by atoms with E-state index in [0.717, 1.165) is 18.4 Å². The normalized spacial score (nSPS) is 12.2. The lowest BCUT2D eigenvalue weighted by Crippen LogP contribution is -2.08. The molecule has 0 aromatic heterocycles. The Balaban J connectivity index is 2.11. The maximum atomic E-state index is 13.7. The topological polar surface area (TPSA) is 12.0 Å². The molecule has 0 aliphatic carbocycles. The Bertz CT molecular complexity index is 566. The second-order valence-electron chi connectivity index (χ2n) is 4.98. The van der Waals surface area contributed by atoms with Crippen LogP contribution in [0.3, 0.4) is 0 Å². The molecule has 1 N–H and O–H groups in total. The van der Waals surface area contributed by atoms with Crippen LogP contribution in [0.2, 0.25) is 5.02 Å². The van der Waals surface area contributed by atoms with Gasteiger partial charge in [0.25, 0.3) is 0 Å². The monoisotopic (exact) mass is 291 g/mol. The van der Waals surface area contributed by atoms with E-state index in [9.17, 15) is 4.39 Å². The molecule has 20 heavy (non-hydrogen) atoms. The number of nitrogens with one attached hydrogen (secondary N) is 1. The fourth-order valence-corrected chi connectivity index (χ4v) is 2.36. The van der Waals surface area contributed by atoms with Crippen molar-refractivity contribution in [2.45, 2.75) is 32.7 Å². The summed E-state index contributed by atoms with van der Waals surface area (Å²) in [6.45, 7) is 4.18. The molecule has 1 atom stereocenters. The fourth-order valence-electron chi connectivity index (χ4n) is 2.19. The lowest BCUT2D eigenvalue weighted by Gasteiger charge is -2.17. The number of benzene rings is 2. The predicted molar refractivity (Wildman–Crippen MR) is 83.9 cm³/mol. The van der Waals surface area contributed by atoms with Gasteiger partial charge in [0.05, 0.1) is 5.69 Å². The zero-order valence-electron chi connectivity index (χ0n) is 11.8. The minimum Gasteiger partial charge on any atom is -0.376 e. The van der Waals surface area contributed by atoms with Crippen LogP contribution in [0.4, 0.5) is 10.1 Å². The van der Waals surface area contributed by atoms with Crippen LogP contribution >= 0.6 is 11.6 Å². The molecule has 0 aliphatic heterocycles. The largest absolute Gasteiger partial charge is 0.376 e. The zero-order chi connectivity index (χ0) is 14.5. The Hall–Kier alpha value is -1.54. The number of hydrogen-bond acceptors (Lipinski definition) is 1. The highest BCUT2D eigenvalue weighted by atomic mass is 35.5. The smallest absolute Gasteiger partial charge is 0.146 e. The van der Waals surface area contributed by atoms with E-state index >= 15 is 0 Å². The lowest BCUT2D eigenvalue weighted by atomic mass is 10.0. The average Bonchev–Trinajstić information content (AvgIpc) is 2.44. The summed E-state index contributed by atoms with van der Waals surface area (Å²) in [6, 6.07) is 13.0. The van der Waals surface area contributed by atoms with Gasteiger partial charge in [0.1, 0.15) is 5.82 Å². The highest BCUT2D eigenvalue weighted by molar-refractivity contribution is 6.30. The molecule has 3 heteroatoms. The molecule has 0 saturated heterocycles. The van der Waals surface area contributed by atoms with Gasteiger partial charge in [0.15, 0.2) is 0 Å². The Labute approximate surface area is 124 Å². The standard InChI is InChI=1S/C17H19ClFN/c1-3-4-13-5-7-14(8-6-13)12(2)20-17-11-15(18)9-10-16(17)19/h5-12,20H,3-4H2,1-2H3. The molecular weight excluding hydrogens is 273 g/mol. The van der Waals surface area contributed by atoms with Gasteiger partial charge in [0, 0.05) is 11.1 Å². The van der Waals surface area contributed by atoms with E-state index in [2.05, 4.69) is 36.5 Å². The van der Waals surface area contributed by atoms with Crippen LogP contribution in [0.1, 0.15) is 37.4 Å². The van der Waals surface area contributed by atoms with E-state index in [1.165, 1.54) is 11.6 Å². The Kier molecular flexibility index (Phi) is 5.02. The summed E-state index contributed by atoms with van der Waals surface area (Å²) in [6.07, 6.45) is 2.23. The quantitative estimate of drug-likeness (QED) is 0.755. The van der Waals surface area contributed by atoms with E-state index < -0.39 is 0 Å². The van der Waals surface area contributed by atoms with E-state index in [4.69, 9.17) is 11.6 Å². The minimum absolute atomic E-state index is 0.0265. The lowest BCUT2D eigenvalue weighted by molar-refractivity contribution is 0.627. The van der Waals surface area contributed by atoms with Gasteiger partial charge in [-0.1, -0.05) is 49.2 Å². The molecule has 0 spiro atoms. The summed E-state index contributed by atoms with van der Waals surface area (Å²) in [5, 5.41) is 3.69. The molecule has 106 valence electrons. The van der Waals surface area contributed by atoms with Crippen LogP contribution in [-0.4, -0.2) is 0 Å². The number of aryl methyl sites for hydroxylation is 1. The molecule has 2 aromatic carbocycles. The van der Waals surface area contributed by atoms with Crippen LogP contribution in [0.5, 0.6) is 0 Å². The van der Waals surface area contributed by atoms with Gasteiger partial charge in [-0.3, -0.25) is 0 Å². The van der Waals surface area contributed by atoms with E-state index in [1.807, 2.05) is 6.92 Å². The first-order valence-corrected chi connectivity index (χ1v) is 7.28. The van der Waals surface area contributed by atoms with Gasteiger partial charge in [-0.2, -0.15) is 0 Å². The third kappa shape index (κ3) is 3.73. The summed E-state index contributed by atoms with van der Waals surface area (Å²) in [7, 11) is 0. The van der Waals surface area contributed by atoms with Crippen molar-refractivity contribution >= 4 is 17.3 Å². The van der Waals surface area contributed by atoms with Gasteiger partial charge in [0.2, 0.25) is 0 Å². The van der Waals surface area contributed by atoms with Gasteiger partial charge in [-0.05, 0) is 42.7 Å². The van der Waals surface area contributed by atoms with Gasteiger partial charge in [-0.15, -0.1) is 0 Å². The van der Waals surface area contributed by atoms with Gasteiger partial charge >= 0.3 is 0 Å². The summed E-state index contributed by atoms with van der Waals surface area (Å²) >= 11 is 5.90. The number of anilines is 1. The summed E-state index contributed by atoms with van der Waals surface area (Å²) in [5.41, 5.74) is 2.89. The van der Waals surface area contributed by atoms with Crippen LogP contribution < -0.4 is 5.32 Å². The highest BCUT2D eigenvalue weighted by Gasteiger charge is 2.09. The molecule has 0 heterocycles. The third-order valence-corrected chi connectivity index (χ3v) is 3.55. The Morgan fingerprint density at radius 3 is 2.50 bits per heavy atom. The van der Waals surface area contributed by atoms with Gasteiger partial charge in [-0.25, -0.2) is 4.39 Å². The van der Waals surface area contributed by atoms with Crippen molar-refractivity contribution in [3.63, 3.8) is 0 Å². The molecule has 2 aromatic rings. The Morgan fingerprint density at radius 1 is 1.15 bits per heavy atom. The SMILES string of the molecule is CCCc1ccc(C(C)Nc2cc(Cl)ccc2F)cc1. The molecule has 1 nitrogen and oxygen atoms in total. The number of hydrogen-bond donors (Lipinski definition) is 1. The van der Waals surface area contributed by atoms with Crippen LogP contribution in [0, 0.1) is 5.82 Å². The van der Waals surface area contributed by atoms with Crippen LogP contribution in [0.15, 0.2) is 42.5 Å². The first-order chi connectivity index (χ1) is 9.60. The van der Waals surface area contributed by atoms with Crippen molar-refractivity contribution in [1.29, 1.82) is 0 Å². The molecule has 0 radical (unpaired) electrons. The van der Waals surface area contributed by atoms with E-state index in [0.29, 0.717) is 10.7 Å². The van der Waals surface area contributed by atoms with E-state index in [1.54, 1.807) is 12.1 Å². The molecule has 0 aliphatic rings. The first kappa shape index (κ1) is 14.9. The second-order valence-corrected chi connectivity index (χ2v) is 5.42. The highest BCUT2D eigenvalue weighted by Crippen LogP contribution is 2.25. The second kappa shape index (κ2) is 6.76. The summed E-state index contributed by atoms with van der Waals surface area (Å²) in [5.74, 6) is -0.288. The van der Waals surface area contributed by atoms with Crippen molar-refractivity contribution in [3.8, 4) is 0 Å². The number of rotatable bonds is 5. The van der Waals surface area contributed by atoms with Crippen molar-refractivity contribution in [2.24, 2.45) is 0 Å². The average molecular weight is 292 g/mol. The molecule has 0 amide bonds. The maximum Gasteiger partial charge on any atom is 0.146 e. The van der Waals surface area contributed by atoms with Crippen molar-refractivity contribution in [1.82, 2.24) is 0 Å². The first-order valence-electron chi connectivity index (χ1n) is 6.90. The molecule has 0 bridgehead atoms. The van der Waals surface area contributed by atoms with Crippen LogP contribution in [0.25, 0.3) is 0 Å². The Morgan fingerprint density at radius 2 is 1.85 bits per heavy atom. The van der Waals surface area contributed by atoms with Crippen molar-refractivity contribution in [3.05, 3.63) is 64.4 Å². The van der Waals surface area contributed by atoms with Crippen LogP contribution in [-0.2, 0) is 6.42 Å². The summed E-state index contributed by atoms with van der Waals surface area (Å²) < 4.78 is 13.7. The van der Waals surface area contributed by atoms with Gasteiger partial charge < -0.3 is 5.32 Å².